The zero-order valence-electron chi connectivity index (χ0n) is 17.1. The number of carbonyl (C=O) groups is 1. The molecule has 2 rings (SSSR count). The second-order valence-electron chi connectivity index (χ2n) is 7.69. The third kappa shape index (κ3) is 5.70. The molecule has 150 valence electrons. The second kappa shape index (κ2) is 9.74. The van der Waals surface area contributed by atoms with Crippen LogP contribution >= 0.6 is 0 Å². The summed E-state index contributed by atoms with van der Waals surface area (Å²) in [6.45, 7) is 5.59. The molecule has 6 heteroatoms. The first-order chi connectivity index (χ1) is 12.9. The first-order valence-electron chi connectivity index (χ1n) is 9.86. The molecule has 0 spiro atoms. The molecular formula is C21H34N4O2. The molecule has 1 aliphatic carbocycles. The van der Waals surface area contributed by atoms with Crippen LogP contribution < -0.4 is 10.6 Å². The number of benzene rings is 1. The lowest BCUT2D eigenvalue weighted by Crippen LogP contribution is -2.43. The molecule has 1 atom stereocenters. The van der Waals surface area contributed by atoms with Gasteiger partial charge in [-0.2, -0.15) is 0 Å². The third-order valence-corrected chi connectivity index (χ3v) is 5.23. The summed E-state index contributed by atoms with van der Waals surface area (Å²) in [7, 11) is 3.63. The van der Waals surface area contributed by atoms with Gasteiger partial charge in [0.2, 0.25) is 5.91 Å². The smallest absolute Gasteiger partial charge is 0.230 e. The Hall–Kier alpha value is -2.08. The van der Waals surface area contributed by atoms with Crippen LogP contribution in [-0.4, -0.2) is 55.6 Å². The predicted octanol–water partition coefficient (Wildman–Crippen LogP) is 2.23. The maximum Gasteiger partial charge on any atom is 0.230 e. The van der Waals surface area contributed by atoms with Gasteiger partial charge in [0.25, 0.3) is 0 Å². The molecule has 0 saturated heterocycles. The van der Waals surface area contributed by atoms with Gasteiger partial charge in [-0.15, -0.1) is 0 Å². The van der Waals surface area contributed by atoms with Crippen molar-refractivity contribution in [3.63, 3.8) is 0 Å². The lowest BCUT2D eigenvalue weighted by molar-refractivity contribution is -0.138. The van der Waals surface area contributed by atoms with E-state index in [0.717, 1.165) is 37.8 Å². The van der Waals surface area contributed by atoms with Gasteiger partial charge in [-0.1, -0.05) is 42.7 Å². The Bertz CT molecular complexity index is 634. The van der Waals surface area contributed by atoms with Gasteiger partial charge in [0, 0.05) is 27.2 Å². The van der Waals surface area contributed by atoms with E-state index in [1.54, 1.807) is 4.90 Å². The van der Waals surface area contributed by atoms with Crippen molar-refractivity contribution in [2.75, 3.05) is 33.7 Å². The number of aliphatic hydroxyl groups is 1. The van der Waals surface area contributed by atoms with Crippen LogP contribution in [0.15, 0.2) is 29.3 Å². The largest absolute Gasteiger partial charge is 0.387 e. The van der Waals surface area contributed by atoms with Crippen molar-refractivity contribution in [2.45, 2.75) is 45.6 Å². The molecule has 1 aliphatic rings. The number of nitrogens with zero attached hydrogens (tertiary/aromatic N) is 2. The molecule has 27 heavy (non-hydrogen) atoms. The summed E-state index contributed by atoms with van der Waals surface area (Å²) in [6.07, 6.45) is 3.31. The fourth-order valence-corrected chi connectivity index (χ4v) is 3.64. The van der Waals surface area contributed by atoms with Crippen LogP contribution in [0.1, 0.15) is 49.8 Å². The highest BCUT2D eigenvalue weighted by Gasteiger charge is 2.42. The summed E-state index contributed by atoms with van der Waals surface area (Å²) < 4.78 is 0. The summed E-state index contributed by atoms with van der Waals surface area (Å²) >= 11 is 0. The van der Waals surface area contributed by atoms with Gasteiger partial charge < -0.3 is 20.6 Å². The summed E-state index contributed by atoms with van der Waals surface area (Å²) in [4.78, 5) is 19.1. The summed E-state index contributed by atoms with van der Waals surface area (Å²) in [5.74, 6) is 0.806. The van der Waals surface area contributed by atoms with E-state index in [9.17, 15) is 9.90 Å². The number of hydrogen-bond donors (Lipinski definition) is 3. The van der Waals surface area contributed by atoms with Crippen LogP contribution in [0.3, 0.4) is 0 Å². The molecule has 1 fully saturated rings. The molecule has 3 N–H and O–H groups in total. The molecule has 0 radical (unpaired) electrons. The monoisotopic (exact) mass is 374 g/mol. The van der Waals surface area contributed by atoms with Crippen LogP contribution in [-0.2, 0) is 4.79 Å². The SMILES string of the molecule is CCNC(=NCC1(C(=O)N(C)C)CCCC1)NCC(O)c1ccc(C)cc1. The quantitative estimate of drug-likeness (QED) is 0.505. The Morgan fingerprint density at radius 3 is 2.41 bits per heavy atom. The van der Waals surface area contributed by atoms with Crippen LogP contribution in [0.4, 0.5) is 0 Å². The molecule has 1 aromatic rings. The van der Waals surface area contributed by atoms with Gasteiger partial charge in [0.15, 0.2) is 5.96 Å². The summed E-state index contributed by atoms with van der Waals surface area (Å²) in [5.41, 5.74) is 1.65. The average Bonchev–Trinajstić information content (AvgIpc) is 3.13. The predicted molar refractivity (Wildman–Crippen MR) is 110 cm³/mol. The Kier molecular flexibility index (Phi) is 7.66. The molecule has 1 aromatic carbocycles. The minimum atomic E-state index is -0.613. The molecule has 0 bridgehead atoms. The fourth-order valence-electron chi connectivity index (χ4n) is 3.64. The number of carbonyl (C=O) groups excluding carboxylic acids is 1. The van der Waals surface area contributed by atoms with Gasteiger partial charge in [0.1, 0.15) is 0 Å². The normalized spacial score (nSPS) is 17.4. The Balaban J connectivity index is 2.02. The zero-order valence-corrected chi connectivity index (χ0v) is 17.1. The molecule has 0 heterocycles. The van der Waals surface area contributed by atoms with Crippen molar-refractivity contribution in [3.8, 4) is 0 Å². The Morgan fingerprint density at radius 2 is 1.85 bits per heavy atom. The number of guanidine groups is 1. The van der Waals surface area contributed by atoms with Crippen LogP contribution in [0.5, 0.6) is 0 Å². The lowest BCUT2D eigenvalue weighted by atomic mass is 9.85. The van der Waals surface area contributed by atoms with Crippen LogP contribution in [0.25, 0.3) is 0 Å². The number of amides is 1. The van der Waals surface area contributed by atoms with Crippen molar-refractivity contribution < 1.29 is 9.90 Å². The van der Waals surface area contributed by atoms with E-state index >= 15 is 0 Å². The Morgan fingerprint density at radius 1 is 1.22 bits per heavy atom. The standard InChI is InChI=1S/C21H34N4O2/c1-5-22-20(23-14-18(26)17-10-8-16(2)9-11-17)24-15-21(12-6-7-13-21)19(27)25(3)4/h8-11,18,26H,5-7,12-15H2,1-4H3,(H2,22,23,24). The van der Waals surface area contributed by atoms with Crippen molar-refractivity contribution in [3.05, 3.63) is 35.4 Å². The van der Waals surface area contributed by atoms with Gasteiger partial charge in [0.05, 0.1) is 18.1 Å². The van der Waals surface area contributed by atoms with E-state index in [4.69, 9.17) is 0 Å². The minimum Gasteiger partial charge on any atom is -0.387 e. The zero-order chi connectivity index (χ0) is 19.9. The van der Waals surface area contributed by atoms with Gasteiger partial charge in [-0.25, -0.2) is 0 Å². The van der Waals surface area contributed by atoms with Gasteiger partial charge in [-0.05, 0) is 32.3 Å². The lowest BCUT2D eigenvalue weighted by Gasteiger charge is -2.29. The number of hydrogen-bond acceptors (Lipinski definition) is 3. The highest BCUT2D eigenvalue weighted by Crippen LogP contribution is 2.39. The number of aliphatic hydroxyl groups excluding tert-OH is 1. The Labute approximate surface area is 163 Å². The number of aryl methyl sites for hydroxylation is 1. The van der Waals surface area contributed by atoms with E-state index in [0.29, 0.717) is 19.0 Å². The number of nitrogens with one attached hydrogen (secondary N) is 2. The highest BCUT2D eigenvalue weighted by molar-refractivity contribution is 5.84. The second-order valence-corrected chi connectivity index (χ2v) is 7.69. The highest BCUT2D eigenvalue weighted by atomic mass is 16.3. The topological polar surface area (TPSA) is 77.0 Å². The molecule has 1 unspecified atom stereocenters. The first-order valence-corrected chi connectivity index (χ1v) is 9.86. The molecule has 0 aliphatic heterocycles. The van der Waals surface area contributed by atoms with Crippen molar-refractivity contribution in [1.82, 2.24) is 15.5 Å². The third-order valence-electron chi connectivity index (χ3n) is 5.23. The van der Waals surface area contributed by atoms with Crippen LogP contribution in [0.2, 0.25) is 0 Å². The van der Waals surface area contributed by atoms with Gasteiger partial charge in [-0.3, -0.25) is 9.79 Å². The van der Waals surface area contributed by atoms with E-state index in [1.165, 1.54) is 5.56 Å². The number of rotatable bonds is 7. The first kappa shape index (κ1) is 21.2. The summed E-state index contributed by atoms with van der Waals surface area (Å²) in [6, 6.07) is 7.87. The van der Waals surface area contributed by atoms with Crippen molar-refractivity contribution >= 4 is 11.9 Å². The van der Waals surface area contributed by atoms with E-state index in [-0.39, 0.29) is 11.3 Å². The van der Waals surface area contributed by atoms with Crippen LogP contribution in [0, 0.1) is 12.3 Å². The fraction of sp³-hybridized carbons (Fsp3) is 0.619. The molecular weight excluding hydrogens is 340 g/mol. The van der Waals surface area contributed by atoms with Gasteiger partial charge >= 0.3 is 0 Å². The van der Waals surface area contributed by atoms with Crippen molar-refractivity contribution in [2.24, 2.45) is 10.4 Å². The molecule has 1 saturated carbocycles. The van der Waals surface area contributed by atoms with Crippen molar-refractivity contribution in [1.29, 1.82) is 0 Å². The molecule has 1 amide bonds. The van der Waals surface area contributed by atoms with E-state index in [1.807, 2.05) is 52.2 Å². The maximum absolute atomic E-state index is 12.7. The molecule has 0 aromatic heterocycles. The maximum atomic E-state index is 12.7. The molecule has 6 nitrogen and oxygen atoms in total. The van der Waals surface area contributed by atoms with E-state index < -0.39 is 6.10 Å². The minimum absolute atomic E-state index is 0.166. The number of aliphatic imine (C=N–C) groups is 1. The average molecular weight is 375 g/mol. The summed E-state index contributed by atoms with van der Waals surface area (Å²) in [5, 5.41) is 16.8. The van der Waals surface area contributed by atoms with E-state index in [2.05, 4.69) is 15.6 Å².